The van der Waals surface area contributed by atoms with Gasteiger partial charge < -0.3 is 50.3 Å². The summed E-state index contributed by atoms with van der Waals surface area (Å²) in [6.45, 7) is 0.913. The highest BCUT2D eigenvalue weighted by molar-refractivity contribution is 5.81. The van der Waals surface area contributed by atoms with Crippen molar-refractivity contribution in [3.63, 3.8) is 0 Å². The van der Waals surface area contributed by atoms with Crippen molar-refractivity contribution in [3.8, 4) is 0 Å². The number of hydrazone groups is 1. The predicted molar refractivity (Wildman–Crippen MR) is 93.7 cm³/mol. The number of aliphatic hydroxyl groups excluding tert-OH is 5. The average Bonchev–Trinajstić information content (AvgIpc) is 2.66. The summed E-state index contributed by atoms with van der Waals surface area (Å²) < 4.78 is 10.2. The first kappa shape index (κ1) is 24.7. The topological polar surface area (TPSA) is 196 Å². The van der Waals surface area contributed by atoms with Gasteiger partial charge in [-0.15, -0.1) is 0 Å². The second-order valence-corrected chi connectivity index (χ2v) is 6.66. The number of hydrogen-bond donors (Lipinski definition) is 7. The van der Waals surface area contributed by atoms with E-state index in [2.05, 4.69) is 15.8 Å². The summed E-state index contributed by atoms with van der Waals surface area (Å²) in [4.78, 5) is 11.5. The number of nitrogens with one attached hydrogen (secondary N) is 2. The number of methoxy groups -OCH3 is 1. The van der Waals surface area contributed by atoms with Crippen molar-refractivity contribution in [3.05, 3.63) is 0 Å². The first-order valence-corrected chi connectivity index (χ1v) is 8.85. The Balaban J connectivity index is 2.99. The summed E-state index contributed by atoms with van der Waals surface area (Å²) in [5.41, 5.74) is 3.33. The third-order valence-electron chi connectivity index (χ3n) is 4.60. The molecule has 0 aromatic carbocycles. The minimum absolute atomic E-state index is 0.196. The van der Waals surface area contributed by atoms with Crippen molar-refractivity contribution in [1.82, 2.24) is 10.7 Å². The van der Waals surface area contributed by atoms with Gasteiger partial charge in [-0.05, 0) is 19.8 Å². The van der Waals surface area contributed by atoms with Crippen LogP contribution in [0.4, 0.5) is 0 Å². The van der Waals surface area contributed by atoms with Gasteiger partial charge in [-0.25, -0.2) is 0 Å². The summed E-state index contributed by atoms with van der Waals surface area (Å²) in [6, 6.07) is -1.17. The number of aliphatic hydroxyl groups is 5. The summed E-state index contributed by atoms with van der Waals surface area (Å²) in [5, 5.41) is 67.9. The number of carbonyl (C=O) groups excluding carboxylic acids is 1. The quantitative estimate of drug-likeness (QED) is 0.0990. The summed E-state index contributed by atoms with van der Waals surface area (Å²) in [7, 11) is 2.66. The van der Waals surface area contributed by atoms with E-state index in [1.165, 1.54) is 0 Å². The number of nitrogens with zero attached hydrogens (tertiary/aromatic N) is 1. The molecular formula is C16H30N3O9-. The van der Waals surface area contributed by atoms with Crippen molar-refractivity contribution in [2.75, 3.05) is 20.8 Å². The van der Waals surface area contributed by atoms with Gasteiger partial charge in [-0.1, -0.05) is 0 Å². The fraction of sp³-hybridized carbons (Fsp3) is 0.875. The van der Waals surface area contributed by atoms with E-state index in [0.717, 1.165) is 7.11 Å². The first-order valence-electron chi connectivity index (χ1n) is 8.85. The van der Waals surface area contributed by atoms with Gasteiger partial charge in [0.15, 0.2) is 0 Å². The number of ether oxygens (including phenoxy) is 2. The van der Waals surface area contributed by atoms with E-state index in [1.54, 1.807) is 14.0 Å². The van der Waals surface area contributed by atoms with Crippen LogP contribution in [0.2, 0.25) is 0 Å². The molecule has 1 rings (SSSR count). The summed E-state index contributed by atoms with van der Waals surface area (Å²) in [6.07, 6.45) is -7.56. The lowest BCUT2D eigenvalue weighted by Crippen LogP contribution is -2.69. The van der Waals surface area contributed by atoms with Crippen LogP contribution in [0.5, 0.6) is 0 Å². The van der Waals surface area contributed by atoms with Crippen LogP contribution in [0.1, 0.15) is 26.2 Å². The van der Waals surface area contributed by atoms with Gasteiger partial charge in [0.05, 0.1) is 18.8 Å². The van der Waals surface area contributed by atoms with Crippen LogP contribution in [-0.2, 0) is 14.3 Å². The standard InChI is InChI=1S/C16H31N3O9/c1-8(19-17-2)4-5-11(23)18-12-9(21)6-16(27-3,15(25)26)28-14(12)13(24)10(22)7-20/h9-14,17-18,20-24H,4-7H2,1-3H3,(H,25,26)/p-1/b19-8+/t9?,10-,11+,12-,13-,14-,16?/m1/s1. The molecule has 1 fully saturated rings. The minimum atomic E-state index is -2.36. The molecule has 12 heteroatoms. The molecule has 0 radical (unpaired) electrons. The zero-order valence-electron chi connectivity index (χ0n) is 16.1. The van der Waals surface area contributed by atoms with Crippen LogP contribution in [0, 0.1) is 0 Å². The molecule has 0 bridgehead atoms. The highest BCUT2D eigenvalue weighted by atomic mass is 16.7. The zero-order valence-corrected chi connectivity index (χ0v) is 16.1. The van der Waals surface area contributed by atoms with Gasteiger partial charge >= 0.3 is 0 Å². The van der Waals surface area contributed by atoms with Crippen LogP contribution in [-0.4, -0.2) is 100 Å². The molecule has 28 heavy (non-hydrogen) atoms. The lowest BCUT2D eigenvalue weighted by molar-refractivity contribution is -0.378. The Morgan fingerprint density at radius 3 is 2.57 bits per heavy atom. The summed E-state index contributed by atoms with van der Waals surface area (Å²) >= 11 is 0. The van der Waals surface area contributed by atoms with Crippen LogP contribution >= 0.6 is 0 Å². The molecule has 0 aliphatic carbocycles. The maximum absolute atomic E-state index is 11.5. The average molecular weight is 408 g/mol. The Morgan fingerprint density at radius 2 is 2.07 bits per heavy atom. The fourth-order valence-corrected chi connectivity index (χ4v) is 3.02. The Kier molecular flexibility index (Phi) is 9.66. The highest BCUT2D eigenvalue weighted by Crippen LogP contribution is 2.32. The maximum Gasteiger partial charge on any atom is 0.212 e. The van der Waals surface area contributed by atoms with Crippen molar-refractivity contribution >= 4 is 11.7 Å². The summed E-state index contributed by atoms with van der Waals surface area (Å²) in [5.74, 6) is -4.14. The van der Waals surface area contributed by atoms with Gasteiger partial charge in [0.2, 0.25) is 5.79 Å². The van der Waals surface area contributed by atoms with Gasteiger partial charge in [0.25, 0.3) is 0 Å². The fourth-order valence-electron chi connectivity index (χ4n) is 3.02. The molecule has 0 saturated carbocycles. The van der Waals surface area contributed by atoms with Crippen LogP contribution < -0.4 is 15.8 Å². The Labute approximate surface area is 162 Å². The van der Waals surface area contributed by atoms with Gasteiger partial charge in [0, 0.05) is 26.3 Å². The van der Waals surface area contributed by atoms with E-state index >= 15 is 0 Å². The third-order valence-corrected chi connectivity index (χ3v) is 4.60. The molecule has 0 amide bonds. The van der Waals surface area contributed by atoms with E-state index in [1.807, 2.05) is 0 Å². The van der Waals surface area contributed by atoms with E-state index in [9.17, 15) is 30.3 Å². The van der Waals surface area contributed by atoms with Crippen LogP contribution in [0.25, 0.3) is 0 Å². The number of hydrogen-bond acceptors (Lipinski definition) is 12. The van der Waals surface area contributed by atoms with E-state index in [0.29, 0.717) is 12.1 Å². The molecule has 7 N–H and O–H groups in total. The number of carboxylic acid groups (broad SMARTS) is 1. The molecule has 2 unspecified atom stereocenters. The molecule has 1 aliphatic heterocycles. The largest absolute Gasteiger partial charge is 0.544 e. The normalized spacial score (nSPS) is 31.9. The maximum atomic E-state index is 11.5. The molecule has 1 saturated heterocycles. The van der Waals surface area contributed by atoms with E-state index in [4.69, 9.17) is 14.6 Å². The first-order chi connectivity index (χ1) is 13.1. The number of aliphatic carboxylic acids is 1. The second-order valence-electron chi connectivity index (χ2n) is 6.66. The minimum Gasteiger partial charge on any atom is -0.544 e. The van der Waals surface area contributed by atoms with E-state index < -0.39 is 61.5 Å². The molecule has 1 heterocycles. The monoisotopic (exact) mass is 408 g/mol. The van der Waals surface area contributed by atoms with Crippen molar-refractivity contribution in [2.24, 2.45) is 5.10 Å². The molecule has 7 atom stereocenters. The molecule has 0 aromatic rings. The molecule has 0 aromatic heterocycles. The number of carboxylic acids is 1. The molecular weight excluding hydrogens is 378 g/mol. The third kappa shape index (κ3) is 6.06. The van der Waals surface area contributed by atoms with Crippen LogP contribution in [0.15, 0.2) is 5.10 Å². The highest BCUT2D eigenvalue weighted by Gasteiger charge is 2.51. The van der Waals surface area contributed by atoms with Crippen LogP contribution in [0.3, 0.4) is 0 Å². The number of carbonyl (C=O) groups is 1. The lowest BCUT2D eigenvalue weighted by atomic mass is 9.88. The zero-order chi connectivity index (χ0) is 21.5. The second kappa shape index (κ2) is 11.0. The number of rotatable bonds is 11. The van der Waals surface area contributed by atoms with E-state index in [-0.39, 0.29) is 6.42 Å². The lowest BCUT2D eigenvalue weighted by Gasteiger charge is -2.49. The van der Waals surface area contributed by atoms with Crippen molar-refractivity contribution in [1.29, 1.82) is 0 Å². The predicted octanol–water partition coefficient (Wildman–Crippen LogP) is -4.40. The SMILES string of the molecule is CN/N=C(\C)CC[C@H](O)N[C@@H]1C(O)CC(OC)(C(=O)[O-])O[C@H]1[C@H](O)[C@H](O)CO. The Hall–Kier alpha value is -1.38. The Bertz CT molecular complexity index is 535. The molecule has 1 aliphatic rings. The van der Waals surface area contributed by atoms with Crippen molar-refractivity contribution < 1.29 is 44.9 Å². The molecule has 164 valence electrons. The smallest absolute Gasteiger partial charge is 0.212 e. The van der Waals surface area contributed by atoms with Gasteiger partial charge in [0.1, 0.15) is 30.5 Å². The van der Waals surface area contributed by atoms with Crippen molar-refractivity contribution in [2.45, 2.75) is 68.7 Å². The van der Waals surface area contributed by atoms with Gasteiger partial charge in [-0.2, -0.15) is 5.10 Å². The van der Waals surface area contributed by atoms with Gasteiger partial charge in [-0.3, -0.25) is 5.32 Å². The Morgan fingerprint density at radius 1 is 1.43 bits per heavy atom. The molecule has 0 spiro atoms. The molecule has 12 nitrogen and oxygen atoms in total.